The fraction of sp³-hybridized carbons (Fsp3) is 0.261. The molecule has 9 nitrogen and oxygen atoms in total. The van der Waals surface area contributed by atoms with Crippen LogP contribution in [0.5, 0.6) is 0 Å². The van der Waals surface area contributed by atoms with Gasteiger partial charge in [-0.2, -0.15) is 4.31 Å². The molecule has 1 saturated heterocycles. The van der Waals surface area contributed by atoms with Crippen LogP contribution in [-0.4, -0.2) is 66.2 Å². The normalized spacial score (nSPS) is 15.2. The zero-order valence-electron chi connectivity index (χ0n) is 18.5. The van der Waals surface area contributed by atoms with Gasteiger partial charge in [0.1, 0.15) is 6.54 Å². The number of ether oxygens (including phenoxy) is 1. The Morgan fingerprint density at radius 3 is 2.26 bits per heavy atom. The number of rotatable bonds is 7. The van der Waals surface area contributed by atoms with Crippen LogP contribution in [0.25, 0.3) is 10.8 Å². The summed E-state index contributed by atoms with van der Waals surface area (Å²) in [6.45, 7) is 0.842. The van der Waals surface area contributed by atoms with Crippen molar-refractivity contribution < 1.29 is 26.4 Å². The Morgan fingerprint density at radius 1 is 0.941 bits per heavy atom. The van der Waals surface area contributed by atoms with Crippen molar-refractivity contribution in [1.82, 2.24) is 4.31 Å². The van der Waals surface area contributed by atoms with Gasteiger partial charge in [-0.05, 0) is 35.7 Å². The Morgan fingerprint density at radius 2 is 1.59 bits per heavy atom. The number of hydrogen-bond acceptors (Lipinski definition) is 6. The van der Waals surface area contributed by atoms with Crippen molar-refractivity contribution in [2.24, 2.45) is 0 Å². The first-order chi connectivity index (χ1) is 16.2. The first-order valence-electron chi connectivity index (χ1n) is 10.6. The highest BCUT2D eigenvalue weighted by Gasteiger charge is 2.26. The van der Waals surface area contributed by atoms with Crippen molar-refractivity contribution in [2.75, 3.05) is 48.7 Å². The molecule has 0 aliphatic carbocycles. The molecular formula is C23H25N3O6S2. The van der Waals surface area contributed by atoms with Crippen LogP contribution >= 0.6 is 0 Å². The van der Waals surface area contributed by atoms with Gasteiger partial charge >= 0.3 is 0 Å². The van der Waals surface area contributed by atoms with E-state index in [0.717, 1.165) is 15.9 Å². The molecule has 1 aliphatic rings. The topological polar surface area (TPSA) is 113 Å². The maximum absolute atomic E-state index is 12.8. The predicted octanol–water partition coefficient (Wildman–Crippen LogP) is 2.27. The van der Waals surface area contributed by atoms with E-state index >= 15 is 0 Å². The molecule has 3 aromatic rings. The van der Waals surface area contributed by atoms with Crippen molar-refractivity contribution in [3.05, 3.63) is 66.7 Å². The van der Waals surface area contributed by atoms with Crippen LogP contribution in [0, 0.1) is 0 Å². The molecule has 1 aliphatic heterocycles. The Hall–Kier alpha value is -2.99. The molecule has 0 radical (unpaired) electrons. The first kappa shape index (κ1) is 24.1. The third kappa shape index (κ3) is 5.22. The molecule has 0 atom stereocenters. The van der Waals surface area contributed by atoms with Crippen molar-refractivity contribution >= 4 is 48.1 Å². The van der Waals surface area contributed by atoms with E-state index in [1.165, 1.54) is 28.6 Å². The van der Waals surface area contributed by atoms with E-state index in [1.54, 1.807) is 24.3 Å². The van der Waals surface area contributed by atoms with Crippen LogP contribution in [-0.2, 0) is 29.6 Å². The number of nitrogens with zero attached hydrogens (tertiary/aromatic N) is 2. The third-order valence-electron chi connectivity index (χ3n) is 5.47. The van der Waals surface area contributed by atoms with E-state index in [2.05, 4.69) is 5.32 Å². The second-order valence-electron chi connectivity index (χ2n) is 7.86. The van der Waals surface area contributed by atoms with Crippen LogP contribution < -0.4 is 9.62 Å². The van der Waals surface area contributed by atoms with Crippen molar-refractivity contribution in [2.45, 2.75) is 4.90 Å². The summed E-state index contributed by atoms with van der Waals surface area (Å²) >= 11 is 0. The third-order valence-corrected chi connectivity index (χ3v) is 8.51. The van der Waals surface area contributed by atoms with Crippen molar-refractivity contribution in [1.29, 1.82) is 0 Å². The lowest BCUT2D eigenvalue weighted by Gasteiger charge is -2.26. The number of sulfonamides is 2. The van der Waals surface area contributed by atoms with Crippen LogP contribution in [0.4, 0.5) is 11.4 Å². The van der Waals surface area contributed by atoms with E-state index in [4.69, 9.17) is 4.74 Å². The quantitative estimate of drug-likeness (QED) is 0.529. The zero-order chi connectivity index (χ0) is 24.3. The molecule has 0 aromatic heterocycles. The Kier molecular flexibility index (Phi) is 6.89. The summed E-state index contributed by atoms with van der Waals surface area (Å²) < 4.78 is 58.2. The molecule has 180 valence electrons. The minimum Gasteiger partial charge on any atom is -0.379 e. The minimum absolute atomic E-state index is 0.112. The summed E-state index contributed by atoms with van der Waals surface area (Å²) in [4.78, 5) is 12.9. The number of carbonyl (C=O) groups excluding carboxylic acids is 1. The SMILES string of the molecule is CS(=O)(=O)N(CC(=O)Nc1ccc(S(=O)(=O)N2CCOCC2)cc1)c1cccc2ccccc12. The van der Waals surface area contributed by atoms with E-state index < -0.39 is 32.5 Å². The van der Waals surface area contributed by atoms with Gasteiger partial charge in [0.25, 0.3) is 0 Å². The second-order valence-corrected chi connectivity index (χ2v) is 11.7. The number of benzene rings is 3. The lowest BCUT2D eigenvalue weighted by molar-refractivity contribution is -0.114. The van der Waals surface area contributed by atoms with Crippen molar-refractivity contribution in [3.8, 4) is 0 Å². The molecule has 1 fully saturated rings. The number of anilines is 2. The molecule has 34 heavy (non-hydrogen) atoms. The van der Waals surface area contributed by atoms with Gasteiger partial charge in [0.2, 0.25) is 26.0 Å². The second kappa shape index (κ2) is 9.71. The Bertz CT molecular complexity index is 1390. The lowest BCUT2D eigenvalue weighted by atomic mass is 10.1. The van der Waals surface area contributed by atoms with Gasteiger partial charge < -0.3 is 10.1 Å². The van der Waals surface area contributed by atoms with E-state index in [-0.39, 0.29) is 18.0 Å². The summed E-state index contributed by atoms with van der Waals surface area (Å²) in [5.74, 6) is -0.554. The minimum atomic E-state index is -3.76. The molecule has 1 amide bonds. The molecule has 11 heteroatoms. The fourth-order valence-electron chi connectivity index (χ4n) is 3.78. The molecule has 1 N–H and O–H groups in total. The van der Waals surface area contributed by atoms with Crippen molar-refractivity contribution in [3.63, 3.8) is 0 Å². The van der Waals surface area contributed by atoms with E-state index in [9.17, 15) is 21.6 Å². The maximum Gasteiger partial charge on any atom is 0.245 e. The molecule has 0 saturated carbocycles. The summed E-state index contributed by atoms with van der Waals surface area (Å²) in [6, 6.07) is 18.4. The van der Waals surface area contributed by atoms with Gasteiger partial charge in [-0.25, -0.2) is 16.8 Å². The van der Waals surface area contributed by atoms with Gasteiger partial charge in [-0.3, -0.25) is 9.10 Å². The molecule has 4 rings (SSSR count). The molecular weight excluding hydrogens is 478 g/mol. The summed E-state index contributed by atoms with van der Waals surface area (Å²) in [5, 5.41) is 4.21. The number of morpholine rings is 1. The smallest absolute Gasteiger partial charge is 0.245 e. The van der Waals surface area contributed by atoms with E-state index in [0.29, 0.717) is 30.0 Å². The zero-order valence-corrected chi connectivity index (χ0v) is 20.2. The number of nitrogens with one attached hydrogen (secondary N) is 1. The van der Waals surface area contributed by atoms with Crippen LogP contribution in [0.1, 0.15) is 0 Å². The number of carbonyl (C=O) groups is 1. The largest absolute Gasteiger partial charge is 0.379 e. The van der Waals surface area contributed by atoms with Gasteiger partial charge in [0.05, 0.1) is 30.1 Å². The fourth-order valence-corrected chi connectivity index (χ4v) is 6.06. The summed E-state index contributed by atoms with van der Waals surface area (Å²) in [7, 11) is -7.41. The highest BCUT2D eigenvalue weighted by atomic mass is 32.2. The van der Waals surface area contributed by atoms with Gasteiger partial charge in [0.15, 0.2) is 0 Å². The first-order valence-corrected chi connectivity index (χ1v) is 13.9. The monoisotopic (exact) mass is 503 g/mol. The van der Waals surface area contributed by atoms with Gasteiger partial charge in [-0.1, -0.05) is 36.4 Å². The van der Waals surface area contributed by atoms with E-state index in [1.807, 2.05) is 18.2 Å². The predicted molar refractivity (Wildman–Crippen MR) is 131 cm³/mol. The molecule has 3 aromatic carbocycles. The number of hydrogen-bond donors (Lipinski definition) is 1. The average molecular weight is 504 g/mol. The van der Waals surface area contributed by atoms with Crippen LogP contribution in [0.2, 0.25) is 0 Å². The summed E-state index contributed by atoms with van der Waals surface area (Å²) in [6.07, 6.45) is 1.05. The number of fused-ring (bicyclic) bond motifs is 1. The molecule has 0 spiro atoms. The standard InChI is InChI=1S/C23H25N3O6S2/c1-33(28,29)26(22-8-4-6-18-5-2-3-7-21(18)22)17-23(27)24-19-9-11-20(12-10-19)34(30,31)25-13-15-32-16-14-25/h2-12H,13-17H2,1H3,(H,24,27). The number of amides is 1. The molecule has 0 bridgehead atoms. The average Bonchev–Trinajstić information content (AvgIpc) is 2.82. The van der Waals surface area contributed by atoms with Crippen LogP contribution in [0.15, 0.2) is 71.6 Å². The molecule has 0 unspecified atom stereocenters. The van der Waals surface area contributed by atoms with Gasteiger partial charge in [0, 0.05) is 24.2 Å². The van der Waals surface area contributed by atoms with Crippen LogP contribution in [0.3, 0.4) is 0 Å². The van der Waals surface area contributed by atoms with Gasteiger partial charge in [-0.15, -0.1) is 0 Å². The lowest BCUT2D eigenvalue weighted by Crippen LogP contribution is -2.40. The Labute approximate surface area is 199 Å². The highest BCUT2D eigenvalue weighted by Crippen LogP contribution is 2.28. The maximum atomic E-state index is 12.8. The highest BCUT2D eigenvalue weighted by molar-refractivity contribution is 7.92. The molecule has 1 heterocycles. The Balaban J connectivity index is 1.51. The summed E-state index contributed by atoms with van der Waals surface area (Å²) in [5.41, 5.74) is 0.764.